The first-order valence-corrected chi connectivity index (χ1v) is 10.5. The average molecular weight is 437 g/mol. The van der Waals surface area contributed by atoms with E-state index in [2.05, 4.69) is 10.0 Å². The fourth-order valence-corrected chi connectivity index (χ4v) is 3.81. The molecule has 0 fully saturated rings. The van der Waals surface area contributed by atoms with Gasteiger partial charge in [-0.1, -0.05) is 30.3 Å². The molecule has 0 aliphatic heterocycles. The maximum Gasteiger partial charge on any atom is 0.261 e. The highest BCUT2D eigenvalue weighted by atomic mass is 32.2. The summed E-state index contributed by atoms with van der Waals surface area (Å²) in [5.41, 5.74) is 0.964. The van der Waals surface area contributed by atoms with Gasteiger partial charge in [0.2, 0.25) is 0 Å². The molecule has 0 heterocycles. The van der Waals surface area contributed by atoms with Crippen molar-refractivity contribution in [2.45, 2.75) is 11.8 Å². The minimum Gasteiger partial charge on any atom is -0.545 e. The van der Waals surface area contributed by atoms with Crippen LogP contribution in [0.1, 0.15) is 38.0 Å². The zero-order valence-electron chi connectivity index (χ0n) is 16.3. The molecule has 158 valence electrons. The number of aromatic carboxylic acids is 1. The monoisotopic (exact) mass is 437 g/mol. The summed E-state index contributed by atoms with van der Waals surface area (Å²) in [6.07, 6.45) is 0. The summed E-state index contributed by atoms with van der Waals surface area (Å²) in [6, 6.07) is 16.8. The quantitative estimate of drug-likeness (QED) is 0.545. The van der Waals surface area contributed by atoms with Gasteiger partial charge in [0.25, 0.3) is 15.9 Å². The Kier molecular flexibility index (Phi) is 6.17. The van der Waals surface area contributed by atoms with E-state index < -0.39 is 21.9 Å². The van der Waals surface area contributed by atoms with Crippen LogP contribution in [0, 0.1) is 0 Å². The molecule has 9 heteroatoms. The van der Waals surface area contributed by atoms with Gasteiger partial charge >= 0.3 is 0 Å². The van der Waals surface area contributed by atoms with Gasteiger partial charge in [0, 0.05) is 22.5 Å². The number of carboxylic acid groups (broad SMARTS) is 1. The van der Waals surface area contributed by atoms with Gasteiger partial charge in [-0.2, -0.15) is 0 Å². The second-order valence-electron chi connectivity index (χ2n) is 6.59. The second kappa shape index (κ2) is 8.80. The molecular formula is C22H17N2O6S-. The van der Waals surface area contributed by atoms with Gasteiger partial charge in [-0.3, -0.25) is 14.3 Å². The minimum atomic E-state index is -4.01. The molecule has 0 saturated carbocycles. The maximum absolute atomic E-state index is 12.7. The Hall–Kier alpha value is -3.98. The molecular weight excluding hydrogens is 420 g/mol. The molecule has 0 aliphatic carbocycles. The smallest absolute Gasteiger partial charge is 0.261 e. The van der Waals surface area contributed by atoms with Crippen LogP contribution in [0.25, 0.3) is 0 Å². The summed E-state index contributed by atoms with van der Waals surface area (Å²) in [5, 5.41) is 13.4. The van der Waals surface area contributed by atoms with Crippen molar-refractivity contribution in [3.05, 3.63) is 89.5 Å². The Morgan fingerprint density at radius 2 is 1.42 bits per heavy atom. The predicted octanol–water partition coefficient (Wildman–Crippen LogP) is 2.31. The van der Waals surface area contributed by atoms with Crippen LogP contribution >= 0.6 is 0 Å². The molecule has 0 atom stereocenters. The Bertz CT molecular complexity index is 1270. The summed E-state index contributed by atoms with van der Waals surface area (Å²) in [6.45, 7) is 1.38. The Morgan fingerprint density at radius 1 is 0.774 bits per heavy atom. The van der Waals surface area contributed by atoms with E-state index in [0.29, 0.717) is 11.3 Å². The molecule has 0 spiro atoms. The summed E-state index contributed by atoms with van der Waals surface area (Å²) in [4.78, 5) is 34.7. The van der Waals surface area contributed by atoms with E-state index in [9.17, 15) is 27.9 Å². The molecule has 0 aromatic heterocycles. The molecule has 3 aromatic rings. The minimum absolute atomic E-state index is 0.0361. The van der Waals surface area contributed by atoms with Gasteiger partial charge in [-0.25, -0.2) is 8.42 Å². The molecule has 3 aromatic carbocycles. The van der Waals surface area contributed by atoms with Gasteiger partial charge in [-0.05, 0) is 55.0 Å². The first-order valence-electron chi connectivity index (χ1n) is 9.02. The number of nitrogens with one attached hydrogen (secondary N) is 2. The van der Waals surface area contributed by atoms with Crippen LogP contribution in [0.4, 0.5) is 11.4 Å². The maximum atomic E-state index is 12.7. The van der Waals surface area contributed by atoms with Crippen molar-refractivity contribution >= 4 is 39.1 Å². The van der Waals surface area contributed by atoms with E-state index >= 15 is 0 Å². The highest BCUT2D eigenvalue weighted by molar-refractivity contribution is 7.92. The van der Waals surface area contributed by atoms with Crippen LogP contribution in [-0.2, 0) is 10.0 Å². The number of hydrogen-bond acceptors (Lipinski definition) is 6. The number of carbonyl (C=O) groups is 3. The number of ketones is 1. The predicted molar refractivity (Wildman–Crippen MR) is 112 cm³/mol. The van der Waals surface area contributed by atoms with Gasteiger partial charge < -0.3 is 15.2 Å². The molecule has 1 amide bonds. The molecule has 2 N–H and O–H groups in total. The first-order chi connectivity index (χ1) is 14.7. The highest BCUT2D eigenvalue weighted by Crippen LogP contribution is 2.19. The van der Waals surface area contributed by atoms with E-state index in [4.69, 9.17) is 0 Å². The van der Waals surface area contributed by atoms with E-state index in [0.717, 1.165) is 0 Å². The molecule has 0 bridgehead atoms. The molecule has 0 radical (unpaired) electrons. The topological polar surface area (TPSA) is 132 Å². The van der Waals surface area contributed by atoms with Crippen molar-refractivity contribution in [3.63, 3.8) is 0 Å². The largest absolute Gasteiger partial charge is 0.545 e. The SMILES string of the molecule is CC(=O)c1cccc(NS(=O)(=O)c2cccc(C(=O)Nc3ccc(C(=O)[O-])cc3)c2)c1. The van der Waals surface area contributed by atoms with Crippen molar-refractivity contribution in [2.24, 2.45) is 0 Å². The molecule has 3 rings (SSSR count). The number of carboxylic acids is 1. The van der Waals surface area contributed by atoms with Crippen molar-refractivity contribution in [1.82, 2.24) is 0 Å². The third kappa shape index (κ3) is 5.34. The van der Waals surface area contributed by atoms with E-state index in [1.165, 1.54) is 67.6 Å². The lowest BCUT2D eigenvalue weighted by Gasteiger charge is -2.11. The number of amides is 1. The standard InChI is InChI=1S/C22H18N2O6S/c1-14(25)16-4-2-6-19(12-16)24-31(29,30)20-7-3-5-17(13-20)21(26)23-18-10-8-15(9-11-18)22(27)28/h2-13,24H,1H3,(H,23,26)(H,27,28)/p-1. The highest BCUT2D eigenvalue weighted by Gasteiger charge is 2.17. The molecule has 0 aliphatic rings. The van der Waals surface area contributed by atoms with Crippen LogP contribution in [0.5, 0.6) is 0 Å². The number of rotatable bonds is 7. The zero-order chi connectivity index (χ0) is 22.6. The lowest BCUT2D eigenvalue weighted by Crippen LogP contribution is -2.22. The molecule has 0 unspecified atom stereocenters. The van der Waals surface area contributed by atoms with Crippen LogP contribution in [0.2, 0.25) is 0 Å². The van der Waals surface area contributed by atoms with Crippen molar-refractivity contribution < 1.29 is 27.9 Å². The Morgan fingerprint density at radius 3 is 2.06 bits per heavy atom. The molecule has 8 nitrogen and oxygen atoms in total. The number of sulfonamides is 1. The summed E-state index contributed by atoms with van der Waals surface area (Å²) in [7, 11) is -4.01. The number of anilines is 2. The zero-order valence-corrected chi connectivity index (χ0v) is 17.1. The Balaban J connectivity index is 1.79. The fraction of sp³-hybridized carbons (Fsp3) is 0.0455. The number of carbonyl (C=O) groups excluding carboxylic acids is 3. The summed E-state index contributed by atoms with van der Waals surface area (Å²) in [5.74, 6) is -2.11. The lowest BCUT2D eigenvalue weighted by molar-refractivity contribution is -0.255. The van der Waals surface area contributed by atoms with Crippen LogP contribution < -0.4 is 15.1 Å². The van der Waals surface area contributed by atoms with Crippen LogP contribution in [0.15, 0.2) is 77.7 Å². The van der Waals surface area contributed by atoms with Crippen molar-refractivity contribution in [2.75, 3.05) is 10.0 Å². The molecule has 31 heavy (non-hydrogen) atoms. The van der Waals surface area contributed by atoms with Crippen molar-refractivity contribution in [3.8, 4) is 0 Å². The summed E-state index contributed by atoms with van der Waals surface area (Å²) < 4.78 is 27.8. The number of hydrogen-bond donors (Lipinski definition) is 2. The van der Waals surface area contributed by atoms with Gasteiger partial charge in [0.1, 0.15) is 0 Å². The fourth-order valence-electron chi connectivity index (χ4n) is 2.71. The number of benzene rings is 3. The average Bonchev–Trinajstić information content (AvgIpc) is 2.74. The Labute approximate surface area is 178 Å². The van der Waals surface area contributed by atoms with E-state index in [-0.39, 0.29) is 27.5 Å². The van der Waals surface area contributed by atoms with Gasteiger partial charge in [-0.15, -0.1) is 0 Å². The van der Waals surface area contributed by atoms with Gasteiger partial charge in [0.15, 0.2) is 5.78 Å². The van der Waals surface area contributed by atoms with E-state index in [1.54, 1.807) is 12.1 Å². The first kappa shape index (κ1) is 21.7. The van der Waals surface area contributed by atoms with Gasteiger partial charge in [0.05, 0.1) is 10.9 Å². The molecule has 0 saturated heterocycles. The third-order valence-electron chi connectivity index (χ3n) is 4.31. The van der Waals surface area contributed by atoms with Crippen LogP contribution in [0.3, 0.4) is 0 Å². The normalized spacial score (nSPS) is 10.9. The van der Waals surface area contributed by atoms with E-state index in [1.807, 2.05) is 0 Å². The lowest BCUT2D eigenvalue weighted by atomic mass is 10.1. The van der Waals surface area contributed by atoms with Crippen LogP contribution in [-0.4, -0.2) is 26.1 Å². The van der Waals surface area contributed by atoms with Crippen molar-refractivity contribution in [1.29, 1.82) is 0 Å². The summed E-state index contributed by atoms with van der Waals surface area (Å²) >= 11 is 0. The second-order valence-corrected chi connectivity index (χ2v) is 8.27. The number of Topliss-reactive ketones (excluding diaryl/α,β-unsaturated/α-hetero) is 1. The third-order valence-corrected chi connectivity index (χ3v) is 5.69.